The molecule has 2 fully saturated rings. The lowest BCUT2D eigenvalue weighted by Gasteiger charge is -2.35. The van der Waals surface area contributed by atoms with E-state index in [9.17, 15) is 4.39 Å². The van der Waals surface area contributed by atoms with E-state index in [1.54, 1.807) is 6.07 Å². The monoisotopic (exact) mass is 306 g/mol. The van der Waals surface area contributed by atoms with Gasteiger partial charge in [-0.25, -0.2) is 4.39 Å². The minimum absolute atomic E-state index is 0. The molecular formula is C14H21Cl2FN2. The van der Waals surface area contributed by atoms with Crippen molar-refractivity contribution in [3.05, 3.63) is 35.6 Å². The third kappa shape index (κ3) is 4.06. The Bertz CT molecular complexity index is 393. The summed E-state index contributed by atoms with van der Waals surface area (Å²) in [7, 11) is 0. The summed E-state index contributed by atoms with van der Waals surface area (Å²) in [4.78, 5) is 2.52. The Morgan fingerprint density at radius 2 is 1.84 bits per heavy atom. The highest BCUT2D eigenvalue weighted by molar-refractivity contribution is 5.85. The molecule has 108 valence electrons. The molecule has 1 saturated carbocycles. The topological polar surface area (TPSA) is 15.3 Å². The zero-order valence-corrected chi connectivity index (χ0v) is 12.5. The largest absolute Gasteiger partial charge is 0.314 e. The Labute approximate surface area is 126 Å². The lowest BCUT2D eigenvalue weighted by molar-refractivity contribution is 0.156. The Kier molecular flexibility index (Phi) is 6.54. The van der Waals surface area contributed by atoms with Crippen LogP contribution in [0.25, 0.3) is 0 Å². The summed E-state index contributed by atoms with van der Waals surface area (Å²) in [5, 5.41) is 3.38. The molecule has 2 nitrogen and oxygen atoms in total. The van der Waals surface area contributed by atoms with Gasteiger partial charge in [-0.05, 0) is 36.5 Å². The summed E-state index contributed by atoms with van der Waals surface area (Å²) >= 11 is 0. The molecule has 0 radical (unpaired) electrons. The van der Waals surface area contributed by atoms with Gasteiger partial charge in [0.1, 0.15) is 5.82 Å². The molecule has 5 heteroatoms. The second-order valence-electron chi connectivity index (χ2n) is 5.12. The van der Waals surface area contributed by atoms with Gasteiger partial charge >= 0.3 is 0 Å². The average molecular weight is 307 g/mol. The van der Waals surface area contributed by atoms with Crippen molar-refractivity contribution in [2.45, 2.75) is 18.9 Å². The van der Waals surface area contributed by atoms with E-state index in [4.69, 9.17) is 0 Å². The first-order valence-corrected chi connectivity index (χ1v) is 6.55. The third-order valence-electron chi connectivity index (χ3n) is 3.80. The fourth-order valence-corrected chi connectivity index (χ4v) is 2.84. The van der Waals surface area contributed by atoms with E-state index >= 15 is 0 Å². The minimum Gasteiger partial charge on any atom is -0.314 e. The zero-order chi connectivity index (χ0) is 11.7. The Hall–Kier alpha value is -0.350. The highest BCUT2D eigenvalue weighted by atomic mass is 35.5. The lowest BCUT2D eigenvalue weighted by Crippen LogP contribution is -2.45. The van der Waals surface area contributed by atoms with Gasteiger partial charge in [-0.3, -0.25) is 4.90 Å². The molecule has 1 N–H and O–H groups in total. The quantitative estimate of drug-likeness (QED) is 0.923. The first kappa shape index (κ1) is 16.7. The van der Waals surface area contributed by atoms with Crippen LogP contribution in [0.15, 0.2) is 24.3 Å². The van der Waals surface area contributed by atoms with Crippen LogP contribution in [-0.4, -0.2) is 31.1 Å². The van der Waals surface area contributed by atoms with Crippen LogP contribution in [0.4, 0.5) is 4.39 Å². The molecule has 0 unspecified atom stereocenters. The zero-order valence-electron chi connectivity index (χ0n) is 10.8. The van der Waals surface area contributed by atoms with Crippen LogP contribution in [0.5, 0.6) is 0 Å². The highest BCUT2D eigenvalue weighted by Crippen LogP contribution is 2.44. The molecule has 3 rings (SSSR count). The first-order chi connectivity index (χ1) is 8.34. The number of nitrogens with one attached hydrogen (secondary N) is 1. The van der Waals surface area contributed by atoms with Crippen LogP contribution < -0.4 is 5.32 Å². The summed E-state index contributed by atoms with van der Waals surface area (Å²) in [5.74, 6) is 0.637. The highest BCUT2D eigenvalue weighted by Gasteiger charge is 2.36. The van der Waals surface area contributed by atoms with Crippen LogP contribution in [0.2, 0.25) is 0 Å². The summed E-state index contributed by atoms with van der Waals surface area (Å²) in [6.07, 6.45) is 2.59. The van der Waals surface area contributed by atoms with Crippen molar-refractivity contribution in [2.24, 2.45) is 5.92 Å². The number of halogens is 3. The smallest absolute Gasteiger partial charge is 0.123 e. The molecule has 0 bridgehead atoms. The van der Waals surface area contributed by atoms with Gasteiger partial charge in [0.15, 0.2) is 0 Å². The molecule has 1 aliphatic carbocycles. The van der Waals surface area contributed by atoms with E-state index in [-0.39, 0.29) is 30.6 Å². The predicted molar refractivity (Wildman–Crippen MR) is 80.8 cm³/mol. The van der Waals surface area contributed by atoms with Gasteiger partial charge in [-0.2, -0.15) is 0 Å². The third-order valence-corrected chi connectivity index (χ3v) is 3.80. The van der Waals surface area contributed by atoms with Gasteiger partial charge in [0.25, 0.3) is 0 Å². The lowest BCUT2D eigenvalue weighted by atomic mass is 10.00. The summed E-state index contributed by atoms with van der Waals surface area (Å²) in [6.45, 7) is 4.27. The van der Waals surface area contributed by atoms with Crippen molar-refractivity contribution in [1.82, 2.24) is 10.2 Å². The fourth-order valence-electron chi connectivity index (χ4n) is 2.84. The molecule has 1 aromatic rings. The SMILES string of the molecule is Cl.Cl.Fc1cccc([C@H](C2CC2)N2CCNCC2)c1. The van der Waals surface area contributed by atoms with Crippen LogP contribution in [-0.2, 0) is 0 Å². The molecule has 1 atom stereocenters. The molecule has 19 heavy (non-hydrogen) atoms. The molecule has 2 aliphatic rings. The maximum Gasteiger partial charge on any atom is 0.123 e. The maximum atomic E-state index is 13.3. The Morgan fingerprint density at radius 3 is 2.42 bits per heavy atom. The van der Waals surface area contributed by atoms with Crippen molar-refractivity contribution < 1.29 is 4.39 Å². The Balaban J connectivity index is 0.000000902. The predicted octanol–water partition coefficient (Wildman–Crippen LogP) is 3.03. The van der Waals surface area contributed by atoms with E-state index < -0.39 is 0 Å². The number of benzene rings is 1. The fraction of sp³-hybridized carbons (Fsp3) is 0.571. The number of hydrogen-bond donors (Lipinski definition) is 1. The maximum absolute atomic E-state index is 13.3. The second kappa shape index (κ2) is 7.44. The molecule has 1 aliphatic heterocycles. The van der Waals surface area contributed by atoms with Crippen LogP contribution in [0.1, 0.15) is 24.4 Å². The standard InChI is InChI=1S/C14H19FN2.2ClH/c15-13-3-1-2-12(10-13)14(11-4-5-11)17-8-6-16-7-9-17;;/h1-3,10-11,14,16H,4-9H2;2*1H/t14-;;/m0../s1. The molecule has 1 saturated heterocycles. The van der Waals surface area contributed by atoms with Gasteiger partial charge in [0, 0.05) is 32.2 Å². The van der Waals surface area contributed by atoms with E-state index in [1.807, 2.05) is 6.07 Å². The van der Waals surface area contributed by atoms with Crippen molar-refractivity contribution in [3.8, 4) is 0 Å². The van der Waals surface area contributed by atoms with Crippen LogP contribution in [0.3, 0.4) is 0 Å². The molecule has 1 aromatic carbocycles. The summed E-state index contributed by atoms with van der Waals surface area (Å²) in [6, 6.07) is 7.60. The van der Waals surface area contributed by atoms with Crippen molar-refractivity contribution in [2.75, 3.05) is 26.2 Å². The molecule has 0 aromatic heterocycles. The van der Waals surface area contributed by atoms with E-state index in [2.05, 4.69) is 16.3 Å². The van der Waals surface area contributed by atoms with Gasteiger partial charge in [0.2, 0.25) is 0 Å². The van der Waals surface area contributed by atoms with Gasteiger partial charge in [-0.15, -0.1) is 24.8 Å². The average Bonchev–Trinajstić information content (AvgIpc) is 3.15. The normalized spacial score (nSPS) is 21.1. The minimum atomic E-state index is -0.108. The molecule has 0 spiro atoms. The molecular weight excluding hydrogens is 286 g/mol. The van der Waals surface area contributed by atoms with Crippen LogP contribution >= 0.6 is 24.8 Å². The first-order valence-electron chi connectivity index (χ1n) is 6.55. The Morgan fingerprint density at radius 1 is 1.16 bits per heavy atom. The number of nitrogens with zero attached hydrogens (tertiary/aromatic N) is 1. The van der Waals surface area contributed by atoms with Gasteiger partial charge < -0.3 is 5.32 Å². The van der Waals surface area contributed by atoms with E-state index in [1.165, 1.54) is 18.9 Å². The molecule has 1 heterocycles. The van der Waals surface area contributed by atoms with E-state index in [0.29, 0.717) is 6.04 Å². The second-order valence-corrected chi connectivity index (χ2v) is 5.12. The van der Waals surface area contributed by atoms with E-state index in [0.717, 1.165) is 37.7 Å². The summed E-state index contributed by atoms with van der Waals surface area (Å²) < 4.78 is 13.3. The van der Waals surface area contributed by atoms with Crippen LogP contribution in [0, 0.1) is 11.7 Å². The summed E-state index contributed by atoms with van der Waals surface area (Å²) in [5.41, 5.74) is 1.16. The van der Waals surface area contributed by atoms with Gasteiger partial charge in [-0.1, -0.05) is 12.1 Å². The number of hydrogen-bond acceptors (Lipinski definition) is 2. The van der Waals surface area contributed by atoms with Crippen molar-refractivity contribution in [3.63, 3.8) is 0 Å². The van der Waals surface area contributed by atoms with Crippen molar-refractivity contribution in [1.29, 1.82) is 0 Å². The number of piperazine rings is 1. The molecule has 0 amide bonds. The van der Waals surface area contributed by atoms with Gasteiger partial charge in [0.05, 0.1) is 0 Å². The van der Waals surface area contributed by atoms with Crippen molar-refractivity contribution >= 4 is 24.8 Å². The number of rotatable bonds is 3.